The van der Waals surface area contributed by atoms with Crippen molar-refractivity contribution in [1.29, 1.82) is 0 Å². The van der Waals surface area contributed by atoms with Crippen molar-refractivity contribution in [2.75, 3.05) is 0 Å². The van der Waals surface area contributed by atoms with E-state index in [0.29, 0.717) is 22.7 Å². The topological polar surface area (TPSA) is 55.5 Å². The van der Waals surface area contributed by atoms with E-state index in [1.54, 1.807) is 18.2 Å². The van der Waals surface area contributed by atoms with E-state index in [1.165, 1.54) is 11.6 Å². The predicted octanol–water partition coefficient (Wildman–Crippen LogP) is 3.77. The van der Waals surface area contributed by atoms with Crippen LogP contribution in [0.25, 0.3) is 22.6 Å². The first-order valence-corrected chi connectivity index (χ1v) is 5.82. The molecule has 0 radical (unpaired) electrons. The lowest BCUT2D eigenvalue weighted by molar-refractivity contribution is 0.565. The van der Waals surface area contributed by atoms with Crippen LogP contribution in [0.1, 0.15) is 5.56 Å². The maximum absolute atomic E-state index is 10.2. The SMILES string of the molecule is Cc1ccc(-c2nc3cc(N=C=O)ccc3o2)cc1. The molecule has 4 heteroatoms. The zero-order chi connectivity index (χ0) is 13.2. The first-order valence-electron chi connectivity index (χ1n) is 5.82. The molecule has 0 N–H and O–H groups in total. The van der Waals surface area contributed by atoms with Crippen LogP contribution >= 0.6 is 0 Å². The van der Waals surface area contributed by atoms with Crippen LogP contribution in [0.3, 0.4) is 0 Å². The van der Waals surface area contributed by atoms with E-state index in [9.17, 15) is 4.79 Å². The van der Waals surface area contributed by atoms with Gasteiger partial charge in [-0.15, -0.1) is 0 Å². The number of aromatic nitrogens is 1. The van der Waals surface area contributed by atoms with Gasteiger partial charge in [0.05, 0.1) is 5.69 Å². The van der Waals surface area contributed by atoms with Gasteiger partial charge in [-0.1, -0.05) is 17.7 Å². The Morgan fingerprint density at radius 3 is 2.68 bits per heavy atom. The Bertz CT molecular complexity index is 782. The summed E-state index contributed by atoms with van der Waals surface area (Å²) < 4.78 is 5.68. The van der Waals surface area contributed by atoms with E-state index in [2.05, 4.69) is 9.98 Å². The van der Waals surface area contributed by atoms with Gasteiger partial charge in [0.25, 0.3) is 0 Å². The molecule has 1 aromatic heterocycles. The van der Waals surface area contributed by atoms with Crippen LogP contribution in [-0.4, -0.2) is 11.1 Å². The van der Waals surface area contributed by atoms with Gasteiger partial charge in [-0.25, -0.2) is 9.78 Å². The Balaban J connectivity index is 2.10. The number of benzene rings is 2. The molecule has 0 bridgehead atoms. The highest BCUT2D eigenvalue weighted by Crippen LogP contribution is 2.27. The molecule has 0 atom stereocenters. The molecule has 0 saturated heterocycles. The van der Waals surface area contributed by atoms with E-state index in [-0.39, 0.29) is 0 Å². The minimum atomic E-state index is 0.520. The lowest BCUT2D eigenvalue weighted by Gasteiger charge is -1.95. The van der Waals surface area contributed by atoms with Crippen molar-refractivity contribution in [3.63, 3.8) is 0 Å². The van der Waals surface area contributed by atoms with Crippen molar-refractivity contribution in [2.45, 2.75) is 6.92 Å². The highest BCUT2D eigenvalue weighted by Gasteiger charge is 2.08. The summed E-state index contributed by atoms with van der Waals surface area (Å²) in [5, 5.41) is 0. The Morgan fingerprint density at radius 1 is 1.16 bits per heavy atom. The number of aliphatic imine (C=N–C) groups is 1. The fraction of sp³-hybridized carbons (Fsp3) is 0.0667. The van der Waals surface area contributed by atoms with Crippen molar-refractivity contribution in [2.24, 2.45) is 4.99 Å². The molecule has 0 aliphatic rings. The average Bonchev–Trinajstić information content (AvgIpc) is 2.83. The van der Waals surface area contributed by atoms with Crippen molar-refractivity contribution in [1.82, 2.24) is 4.98 Å². The normalized spacial score (nSPS) is 10.4. The van der Waals surface area contributed by atoms with Crippen molar-refractivity contribution >= 4 is 22.9 Å². The van der Waals surface area contributed by atoms with Crippen LogP contribution in [0.4, 0.5) is 5.69 Å². The quantitative estimate of drug-likeness (QED) is 0.514. The Hall–Kier alpha value is -2.71. The fourth-order valence-corrected chi connectivity index (χ4v) is 1.86. The van der Waals surface area contributed by atoms with Gasteiger partial charge in [0.15, 0.2) is 5.58 Å². The monoisotopic (exact) mass is 250 g/mol. The van der Waals surface area contributed by atoms with Crippen LogP contribution in [0, 0.1) is 6.92 Å². The summed E-state index contributed by atoms with van der Waals surface area (Å²) in [7, 11) is 0. The second kappa shape index (κ2) is 4.52. The lowest BCUT2D eigenvalue weighted by Crippen LogP contribution is -1.77. The van der Waals surface area contributed by atoms with Crippen LogP contribution in [-0.2, 0) is 4.79 Å². The second-order valence-corrected chi connectivity index (χ2v) is 4.24. The third-order valence-electron chi connectivity index (χ3n) is 2.84. The molecule has 92 valence electrons. The highest BCUT2D eigenvalue weighted by atomic mass is 16.3. The average molecular weight is 250 g/mol. The van der Waals surface area contributed by atoms with Crippen LogP contribution in [0.15, 0.2) is 51.9 Å². The molecule has 3 aromatic rings. The molecule has 3 rings (SSSR count). The van der Waals surface area contributed by atoms with Crippen molar-refractivity contribution in [3.8, 4) is 11.5 Å². The summed E-state index contributed by atoms with van der Waals surface area (Å²) in [5.74, 6) is 0.558. The molecule has 19 heavy (non-hydrogen) atoms. The van der Waals surface area contributed by atoms with Gasteiger partial charge >= 0.3 is 0 Å². The van der Waals surface area contributed by atoms with Gasteiger partial charge in [-0.05, 0) is 37.3 Å². The summed E-state index contributed by atoms with van der Waals surface area (Å²) >= 11 is 0. The van der Waals surface area contributed by atoms with E-state index in [0.717, 1.165) is 5.56 Å². The Kier molecular flexibility index (Phi) is 2.71. The largest absolute Gasteiger partial charge is 0.436 e. The number of aryl methyl sites for hydroxylation is 1. The van der Waals surface area contributed by atoms with Crippen molar-refractivity contribution in [3.05, 3.63) is 48.0 Å². The number of isocyanates is 1. The number of oxazole rings is 1. The molecule has 4 nitrogen and oxygen atoms in total. The summed E-state index contributed by atoms with van der Waals surface area (Å²) in [5.41, 5.74) is 3.96. The van der Waals surface area contributed by atoms with E-state index < -0.39 is 0 Å². The van der Waals surface area contributed by atoms with E-state index in [1.807, 2.05) is 31.2 Å². The second-order valence-electron chi connectivity index (χ2n) is 4.24. The molecule has 1 heterocycles. The number of hydrogen-bond donors (Lipinski definition) is 0. The molecule has 0 amide bonds. The third-order valence-corrected chi connectivity index (χ3v) is 2.84. The van der Waals surface area contributed by atoms with Crippen LogP contribution < -0.4 is 0 Å². The number of carbonyl (C=O) groups excluding carboxylic acids is 1. The zero-order valence-electron chi connectivity index (χ0n) is 10.3. The van der Waals surface area contributed by atoms with Crippen LogP contribution in [0.2, 0.25) is 0 Å². The van der Waals surface area contributed by atoms with Gasteiger partial charge < -0.3 is 4.42 Å². The van der Waals surface area contributed by atoms with Gasteiger partial charge in [-0.3, -0.25) is 0 Å². The number of nitrogens with zero attached hydrogens (tertiary/aromatic N) is 2. The minimum Gasteiger partial charge on any atom is -0.436 e. The van der Waals surface area contributed by atoms with Gasteiger partial charge in [0.2, 0.25) is 12.0 Å². The molecule has 0 saturated carbocycles. The lowest BCUT2D eigenvalue weighted by atomic mass is 10.1. The fourth-order valence-electron chi connectivity index (χ4n) is 1.86. The third kappa shape index (κ3) is 2.17. The summed E-state index contributed by atoms with van der Waals surface area (Å²) in [4.78, 5) is 18.2. The summed E-state index contributed by atoms with van der Waals surface area (Å²) in [6.45, 7) is 2.03. The molecule has 0 spiro atoms. The number of rotatable bonds is 2. The zero-order valence-corrected chi connectivity index (χ0v) is 10.3. The first-order chi connectivity index (χ1) is 9.26. The molecule has 0 fully saturated rings. The minimum absolute atomic E-state index is 0.520. The van der Waals surface area contributed by atoms with Gasteiger partial charge in [0, 0.05) is 5.56 Å². The molecule has 2 aromatic carbocycles. The number of fused-ring (bicyclic) bond motifs is 1. The summed E-state index contributed by atoms with van der Waals surface area (Å²) in [6, 6.07) is 13.1. The maximum Gasteiger partial charge on any atom is 0.240 e. The smallest absolute Gasteiger partial charge is 0.240 e. The Morgan fingerprint density at radius 2 is 1.95 bits per heavy atom. The van der Waals surface area contributed by atoms with Gasteiger partial charge in [-0.2, -0.15) is 4.99 Å². The molecule has 0 aliphatic heterocycles. The Labute approximate surface area is 109 Å². The van der Waals surface area contributed by atoms with E-state index in [4.69, 9.17) is 4.42 Å². The standard InChI is InChI=1S/C15H10N2O2/c1-10-2-4-11(5-3-10)15-17-13-8-12(16-9-18)6-7-14(13)19-15/h2-8H,1H3. The first kappa shape index (κ1) is 11.4. The van der Waals surface area contributed by atoms with Gasteiger partial charge in [0.1, 0.15) is 5.52 Å². The number of hydrogen-bond acceptors (Lipinski definition) is 4. The molecule has 0 unspecified atom stereocenters. The highest BCUT2D eigenvalue weighted by molar-refractivity contribution is 5.79. The molecular formula is C15H10N2O2. The van der Waals surface area contributed by atoms with Crippen LogP contribution in [0.5, 0.6) is 0 Å². The van der Waals surface area contributed by atoms with Crippen molar-refractivity contribution < 1.29 is 9.21 Å². The molecular weight excluding hydrogens is 240 g/mol. The maximum atomic E-state index is 10.2. The molecule has 0 aliphatic carbocycles. The van der Waals surface area contributed by atoms with E-state index >= 15 is 0 Å². The predicted molar refractivity (Wildman–Crippen MR) is 72.0 cm³/mol. The summed E-state index contributed by atoms with van der Waals surface area (Å²) in [6.07, 6.45) is 1.51.